The molecule has 0 radical (unpaired) electrons. The summed E-state index contributed by atoms with van der Waals surface area (Å²) in [4.78, 5) is 12.4. The molecule has 0 bridgehead atoms. The van der Waals surface area contributed by atoms with Crippen LogP contribution in [0.1, 0.15) is 27.0 Å². The minimum absolute atomic E-state index is 0.106. The third kappa shape index (κ3) is 3.35. The van der Waals surface area contributed by atoms with E-state index >= 15 is 0 Å². The van der Waals surface area contributed by atoms with Crippen LogP contribution in [0.25, 0.3) is 0 Å². The van der Waals surface area contributed by atoms with Gasteiger partial charge in [-0.25, -0.2) is 0 Å². The van der Waals surface area contributed by atoms with E-state index in [1.54, 1.807) is 0 Å². The first-order valence-electron chi connectivity index (χ1n) is 6.12. The van der Waals surface area contributed by atoms with Gasteiger partial charge in [-0.2, -0.15) is 0 Å². The number of ketones is 1. The Hall–Kier alpha value is -1.02. The van der Waals surface area contributed by atoms with Crippen LogP contribution in [0.4, 0.5) is 0 Å². The van der Waals surface area contributed by atoms with Gasteiger partial charge in [0.05, 0.1) is 15.6 Å². The highest BCUT2D eigenvalue weighted by atomic mass is 35.5. The van der Waals surface area contributed by atoms with E-state index in [1.165, 1.54) is 12.1 Å². The van der Waals surface area contributed by atoms with Gasteiger partial charge in [-0.1, -0.05) is 58.6 Å². The first-order valence-corrected chi connectivity index (χ1v) is 7.25. The summed E-state index contributed by atoms with van der Waals surface area (Å²) in [6, 6.07) is 9.09. The van der Waals surface area contributed by atoms with E-state index in [4.69, 9.17) is 34.8 Å². The maximum atomic E-state index is 12.4. The predicted molar refractivity (Wildman–Crippen MR) is 85.4 cm³/mol. The van der Waals surface area contributed by atoms with Crippen molar-refractivity contribution >= 4 is 40.6 Å². The van der Waals surface area contributed by atoms with Gasteiger partial charge in [0.15, 0.2) is 5.78 Å². The topological polar surface area (TPSA) is 17.1 Å². The molecule has 0 aliphatic rings. The minimum atomic E-state index is -0.106. The van der Waals surface area contributed by atoms with E-state index in [0.717, 1.165) is 16.7 Å². The van der Waals surface area contributed by atoms with Crippen LogP contribution >= 0.6 is 34.8 Å². The van der Waals surface area contributed by atoms with Gasteiger partial charge in [-0.05, 0) is 37.1 Å². The molecule has 2 rings (SSSR count). The largest absolute Gasteiger partial charge is 0.294 e. The quantitative estimate of drug-likeness (QED) is 0.662. The van der Waals surface area contributed by atoms with Crippen molar-refractivity contribution in [2.45, 2.75) is 20.3 Å². The number of Topliss-reactive ketones (excluding diaryl/α,β-unsaturated/α-hetero) is 1. The smallest absolute Gasteiger partial charge is 0.170 e. The minimum Gasteiger partial charge on any atom is -0.294 e. The summed E-state index contributed by atoms with van der Waals surface area (Å²) in [5.41, 5.74) is 3.51. The van der Waals surface area contributed by atoms with Gasteiger partial charge in [0.1, 0.15) is 0 Å². The number of rotatable bonds is 3. The molecule has 0 spiro atoms. The van der Waals surface area contributed by atoms with Crippen LogP contribution in [0, 0.1) is 13.8 Å². The van der Waals surface area contributed by atoms with E-state index in [2.05, 4.69) is 0 Å². The normalized spacial score (nSPS) is 10.7. The fraction of sp³-hybridized carbons (Fsp3) is 0.188. The number of hydrogen-bond donors (Lipinski definition) is 0. The van der Waals surface area contributed by atoms with Gasteiger partial charge in [0, 0.05) is 11.4 Å². The predicted octanol–water partition coefficient (Wildman–Crippen LogP) is 5.69. The van der Waals surface area contributed by atoms with Gasteiger partial charge in [0.2, 0.25) is 0 Å². The standard InChI is InChI=1S/C16H13Cl3O/c1-9-3-4-10(2)11(5-9)6-15(20)16-13(18)7-12(17)8-14(16)19/h3-5,7-8H,6H2,1-2H3. The van der Waals surface area contributed by atoms with Crippen molar-refractivity contribution in [3.05, 3.63) is 67.7 Å². The molecule has 0 atom stereocenters. The van der Waals surface area contributed by atoms with E-state index in [0.29, 0.717) is 10.6 Å². The first kappa shape index (κ1) is 15.4. The zero-order valence-electron chi connectivity index (χ0n) is 11.1. The Morgan fingerprint density at radius 2 is 1.60 bits per heavy atom. The van der Waals surface area contributed by atoms with Crippen molar-refractivity contribution in [2.75, 3.05) is 0 Å². The Balaban J connectivity index is 2.36. The number of halogens is 3. The fourth-order valence-corrected chi connectivity index (χ4v) is 3.09. The second-order valence-corrected chi connectivity index (χ2v) is 6.03. The summed E-state index contributed by atoms with van der Waals surface area (Å²) in [7, 11) is 0. The van der Waals surface area contributed by atoms with Gasteiger partial charge >= 0.3 is 0 Å². The Morgan fingerprint density at radius 3 is 2.20 bits per heavy atom. The Bertz CT molecular complexity index is 654. The molecule has 0 aromatic heterocycles. The molecule has 0 saturated heterocycles. The third-order valence-corrected chi connectivity index (χ3v) is 3.96. The van der Waals surface area contributed by atoms with E-state index in [9.17, 15) is 4.79 Å². The molecule has 0 aliphatic heterocycles. The van der Waals surface area contributed by atoms with Crippen LogP contribution in [0.5, 0.6) is 0 Å². The monoisotopic (exact) mass is 326 g/mol. The van der Waals surface area contributed by atoms with Crippen LogP contribution in [-0.4, -0.2) is 5.78 Å². The fourth-order valence-electron chi connectivity index (χ4n) is 2.06. The third-order valence-electron chi connectivity index (χ3n) is 3.14. The zero-order valence-corrected chi connectivity index (χ0v) is 13.4. The molecule has 0 saturated carbocycles. The summed E-state index contributed by atoms with van der Waals surface area (Å²) in [5, 5.41) is 0.999. The lowest BCUT2D eigenvalue weighted by Crippen LogP contribution is -2.07. The van der Waals surface area contributed by atoms with Crippen LogP contribution in [0.15, 0.2) is 30.3 Å². The summed E-state index contributed by atoms with van der Waals surface area (Å²) < 4.78 is 0. The lowest BCUT2D eigenvalue weighted by molar-refractivity contribution is 0.0993. The summed E-state index contributed by atoms with van der Waals surface area (Å²) >= 11 is 18.0. The number of carbonyl (C=O) groups is 1. The molecule has 104 valence electrons. The van der Waals surface area contributed by atoms with Crippen molar-refractivity contribution in [1.29, 1.82) is 0 Å². The van der Waals surface area contributed by atoms with Crippen LogP contribution in [-0.2, 0) is 6.42 Å². The number of aryl methyl sites for hydroxylation is 2. The number of carbonyl (C=O) groups excluding carboxylic acids is 1. The highest BCUT2D eigenvalue weighted by Gasteiger charge is 2.17. The van der Waals surface area contributed by atoms with Crippen molar-refractivity contribution in [3.63, 3.8) is 0 Å². The maximum absolute atomic E-state index is 12.4. The van der Waals surface area contributed by atoms with Crippen molar-refractivity contribution < 1.29 is 4.79 Å². The average molecular weight is 328 g/mol. The molecule has 2 aromatic rings. The molecular weight excluding hydrogens is 315 g/mol. The molecule has 0 N–H and O–H groups in total. The van der Waals surface area contributed by atoms with Crippen molar-refractivity contribution in [3.8, 4) is 0 Å². The van der Waals surface area contributed by atoms with Gasteiger partial charge in [-0.3, -0.25) is 4.79 Å². The second-order valence-electron chi connectivity index (χ2n) is 4.77. The maximum Gasteiger partial charge on any atom is 0.170 e. The molecule has 0 heterocycles. The summed E-state index contributed by atoms with van der Waals surface area (Å²) in [6.45, 7) is 3.97. The number of hydrogen-bond acceptors (Lipinski definition) is 1. The van der Waals surface area contributed by atoms with Gasteiger partial charge in [-0.15, -0.1) is 0 Å². The van der Waals surface area contributed by atoms with Gasteiger partial charge in [0.25, 0.3) is 0 Å². The molecule has 4 heteroatoms. The lowest BCUT2D eigenvalue weighted by Gasteiger charge is -2.09. The summed E-state index contributed by atoms with van der Waals surface area (Å²) in [6.07, 6.45) is 0.272. The molecule has 0 fully saturated rings. The molecule has 1 nitrogen and oxygen atoms in total. The molecular formula is C16H13Cl3O. The molecule has 0 aliphatic carbocycles. The number of benzene rings is 2. The Morgan fingerprint density at radius 1 is 1.00 bits per heavy atom. The molecule has 0 unspecified atom stereocenters. The zero-order chi connectivity index (χ0) is 14.9. The molecule has 0 amide bonds. The Kier molecular flexibility index (Phi) is 4.74. The SMILES string of the molecule is Cc1ccc(C)c(CC(=O)c2c(Cl)cc(Cl)cc2Cl)c1. The van der Waals surface area contributed by atoms with Crippen LogP contribution in [0.2, 0.25) is 15.1 Å². The highest BCUT2D eigenvalue weighted by molar-refractivity contribution is 6.42. The lowest BCUT2D eigenvalue weighted by atomic mass is 9.98. The molecule has 2 aromatic carbocycles. The van der Waals surface area contributed by atoms with E-state index in [1.807, 2.05) is 32.0 Å². The molecule has 20 heavy (non-hydrogen) atoms. The van der Waals surface area contributed by atoms with Crippen LogP contribution < -0.4 is 0 Å². The van der Waals surface area contributed by atoms with Gasteiger partial charge < -0.3 is 0 Å². The van der Waals surface area contributed by atoms with E-state index in [-0.39, 0.29) is 22.2 Å². The van der Waals surface area contributed by atoms with Crippen LogP contribution in [0.3, 0.4) is 0 Å². The van der Waals surface area contributed by atoms with E-state index < -0.39 is 0 Å². The average Bonchev–Trinajstić information content (AvgIpc) is 2.32. The van der Waals surface area contributed by atoms with Crippen molar-refractivity contribution in [2.24, 2.45) is 0 Å². The van der Waals surface area contributed by atoms with Crippen molar-refractivity contribution in [1.82, 2.24) is 0 Å². The first-order chi connectivity index (χ1) is 9.38. The summed E-state index contributed by atoms with van der Waals surface area (Å²) in [5.74, 6) is -0.106. The highest BCUT2D eigenvalue weighted by Crippen LogP contribution is 2.30. The Labute approximate surface area is 133 Å². The second kappa shape index (κ2) is 6.17.